The monoisotopic (exact) mass is 485 g/mol. The number of hydrogen-bond acceptors (Lipinski definition) is 7. The summed E-state index contributed by atoms with van der Waals surface area (Å²) in [6, 6.07) is 9.10. The number of thioether (sulfide) groups is 1. The summed E-state index contributed by atoms with van der Waals surface area (Å²) in [5.74, 6) is 0.838. The molecule has 0 unspecified atom stereocenters. The zero-order chi connectivity index (χ0) is 24.4. The number of hydrogen-bond donors (Lipinski definition) is 1. The van der Waals surface area contributed by atoms with Crippen LogP contribution in [0.4, 0.5) is 10.1 Å². The Balaban J connectivity index is 1.64. The third-order valence-corrected chi connectivity index (χ3v) is 6.01. The van der Waals surface area contributed by atoms with Gasteiger partial charge >= 0.3 is 0 Å². The van der Waals surface area contributed by atoms with Crippen LogP contribution in [-0.4, -0.2) is 45.0 Å². The van der Waals surface area contributed by atoms with E-state index in [2.05, 4.69) is 15.5 Å². The van der Waals surface area contributed by atoms with Gasteiger partial charge in [-0.05, 0) is 36.2 Å². The molecule has 0 saturated carbocycles. The van der Waals surface area contributed by atoms with E-state index in [1.165, 1.54) is 48.7 Å². The molecular weight excluding hydrogens is 461 g/mol. The molecule has 0 fully saturated rings. The van der Waals surface area contributed by atoms with Crippen LogP contribution in [0, 0.1) is 11.7 Å². The molecule has 0 aliphatic rings. The quantitative estimate of drug-likeness (QED) is 0.381. The van der Waals surface area contributed by atoms with Crippen molar-refractivity contribution < 1.29 is 18.7 Å². The first-order chi connectivity index (χ1) is 16.3. The number of halogens is 1. The highest BCUT2D eigenvalue weighted by Crippen LogP contribution is 2.30. The number of fused-ring (bicyclic) bond motifs is 3. The lowest BCUT2D eigenvalue weighted by Crippen LogP contribution is -2.25. The largest absolute Gasteiger partial charge is 0.493 e. The fourth-order valence-electron chi connectivity index (χ4n) is 3.62. The standard InChI is InChI=1S/C23H24FN5O4S/c1-13(2)11-28-21(31)16-9-14(24)5-7-17(16)29-22(28)26-27-23(29)34-12-20(30)25-15-6-8-18(32-3)19(10-15)33-4/h5-10,13H,11-12H2,1-4H3,(H,25,30). The molecule has 4 aromatic rings. The van der Waals surface area contributed by atoms with Crippen molar-refractivity contribution in [2.75, 3.05) is 25.3 Å². The van der Waals surface area contributed by atoms with Gasteiger partial charge in [0, 0.05) is 18.3 Å². The van der Waals surface area contributed by atoms with E-state index in [0.29, 0.717) is 40.2 Å². The third-order valence-electron chi connectivity index (χ3n) is 5.08. The molecule has 2 aromatic heterocycles. The maximum atomic E-state index is 13.9. The number of amides is 1. The van der Waals surface area contributed by atoms with Crippen LogP contribution >= 0.6 is 11.8 Å². The molecule has 0 aliphatic heterocycles. The third kappa shape index (κ3) is 4.56. The van der Waals surface area contributed by atoms with Gasteiger partial charge in [-0.25, -0.2) is 4.39 Å². The number of carbonyl (C=O) groups is 1. The summed E-state index contributed by atoms with van der Waals surface area (Å²) >= 11 is 1.17. The van der Waals surface area contributed by atoms with E-state index < -0.39 is 5.82 Å². The fourth-order valence-corrected chi connectivity index (χ4v) is 4.36. The van der Waals surface area contributed by atoms with Crippen molar-refractivity contribution in [3.05, 3.63) is 52.6 Å². The SMILES string of the molecule is COc1ccc(NC(=O)CSc2nnc3n(CC(C)C)c(=O)c4cc(F)ccc4n23)cc1OC. The molecular formula is C23H24FN5O4S. The van der Waals surface area contributed by atoms with Crippen LogP contribution < -0.4 is 20.3 Å². The van der Waals surface area contributed by atoms with Crippen LogP contribution in [0.5, 0.6) is 11.5 Å². The lowest BCUT2D eigenvalue weighted by Gasteiger charge is -2.13. The zero-order valence-electron chi connectivity index (χ0n) is 19.2. The molecule has 1 N–H and O–H groups in total. The number of rotatable bonds is 8. The Morgan fingerprint density at radius 1 is 1.12 bits per heavy atom. The van der Waals surface area contributed by atoms with Crippen molar-refractivity contribution in [2.24, 2.45) is 5.92 Å². The van der Waals surface area contributed by atoms with Crippen LogP contribution in [0.25, 0.3) is 16.7 Å². The first-order valence-electron chi connectivity index (χ1n) is 10.5. The molecule has 0 aliphatic carbocycles. The van der Waals surface area contributed by atoms with Gasteiger partial charge in [0.05, 0.1) is 30.9 Å². The highest BCUT2D eigenvalue weighted by Gasteiger charge is 2.19. The molecule has 0 saturated heterocycles. The van der Waals surface area contributed by atoms with Gasteiger partial charge in [-0.15, -0.1) is 10.2 Å². The molecule has 178 valence electrons. The van der Waals surface area contributed by atoms with Crippen LogP contribution in [-0.2, 0) is 11.3 Å². The highest BCUT2D eigenvalue weighted by molar-refractivity contribution is 7.99. The molecule has 0 atom stereocenters. The predicted octanol–water partition coefficient (Wildman–Crippen LogP) is 3.59. The predicted molar refractivity (Wildman–Crippen MR) is 128 cm³/mol. The van der Waals surface area contributed by atoms with Gasteiger partial charge in [-0.3, -0.25) is 18.6 Å². The number of carbonyl (C=O) groups excluding carboxylic acids is 1. The number of aromatic nitrogens is 4. The van der Waals surface area contributed by atoms with Crippen LogP contribution in [0.15, 0.2) is 46.3 Å². The fraction of sp³-hybridized carbons (Fsp3) is 0.304. The average Bonchev–Trinajstić information content (AvgIpc) is 3.24. The topological polar surface area (TPSA) is 99.7 Å². The zero-order valence-corrected chi connectivity index (χ0v) is 20.0. The van der Waals surface area contributed by atoms with E-state index in [9.17, 15) is 14.0 Å². The number of methoxy groups -OCH3 is 2. The minimum absolute atomic E-state index is 0.0428. The van der Waals surface area contributed by atoms with Crippen LogP contribution in [0.2, 0.25) is 0 Å². The van der Waals surface area contributed by atoms with Gasteiger partial charge in [0.25, 0.3) is 5.56 Å². The minimum Gasteiger partial charge on any atom is -0.493 e. The van der Waals surface area contributed by atoms with Crippen molar-refractivity contribution in [1.82, 2.24) is 19.2 Å². The summed E-state index contributed by atoms with van der Waals surface area (Å²) in [6.07, 6.45) is 0. The maximum absolute atomic E-state index is 13.9. The van der Waals surface area contributed by atoms with Crippen molar-refractivity contribution >= 4 is 40.0 Å². The molecule has 11 heteroatoms. The Labute approximate surface area is 198 Å². The van der Waals surface area contributed by atoms with Crippen molar-refractivity contribution in [3.63, 3.8) is 0 Å². The van der Waals surface area contributed by atoms with Crippen molar-refractivity contribution in [1.29, 1.82) is 0 Å². The Morgan fingerprint density at radius 3 is 2.59 bits per heavy atom. The molecule has 4 rings (SSSR count). The second kappa shape index (κ2) is 9.72. The molecule has 2 aromatic carbocycles. The van der Waals surface area contributed by atoms with E-state index in [4.69, 9.17) is 9.47 Å². The summed E-state index contributed by atoms with van der Waals surface area (Å²) in [5, 5.41) is 11.9. The number of anilines is 1. The Kier molecular flexibility index (Phi) is 6.73. The van der Waals surface area contributed by atoms with Crippen molar-refractivity contribution in [2.45, 2.75) is 25.5 Å². The molecule has 34 heavy (non-hydrogen) atoms. The Morgan fingerprint density at radius 2 is 1.88 bits per heavy atom. The number of ether oxygens (including phenoxy) is 2. The second-order valence-corrected chi connectivity index (χ2v) is 8.94. The number of nitrogens with one attached hydrogen (secondary N) is 1. The average molecular weight is 486 g/mol. The number of nitrogens with zero attached hydrogens (tertiary/aromatic N) is 4. The number of benzene rings is 2. The Hall–Kier alpha value is -3.60. The van der Waals surface area contributed by atoms with E-state index in [1.54, 1.807) is 22.6 Å². The van der Waals surface area contributed by atoms with Gasteiger partial charge in [0.2, 0.25) is 11.7 Å². The van der Waals surface area contributed by atoms with Gasteiger partial charge in [-0.1, -0.05) is 25.6 Å². The second-order valence-electron chi connectivity index (χ2n) is 8.00. The summed E-state index contributed by atoms with van der Waals surface area (Å²) in [4.78, 5) is 25.6. The summed E-state index contributed by atoms with van der Waals surface area (Å²) in [5.41, 5.74) is 0.709. The van der Waals surface area contributed by atoms with Crippen LogP contribution in [0.1, 0.15) is 13.8 Å². The van der Waals surface area contributed by atoms with E-state index in [0.717, 1.165) is 0 Å². The van der Waals surface area contributed by atoms with Gasteiger partial charge in [0.1, 0.15) is 5.82 Å². The summed E-state index contributed by atoms with van der Waals surface area (Å²) < 4.78 is 27.6. The smallest absolute Gasteiger partial charge is 0.262 e. The van der Waals surface area contributed by atoms with E-state index >= 15 is 0 Å². The lowest BCUT2D eigenvalue weighted by molar-refractivity contribution is -0.113. The van der Waals surface area contributed by atoms with Crippen molar-refractivity contribution in [3.8, 4) is 11.5 Å². The van der Waals surface area contributed by atoms with Gasteiger partial charge in [0.15, 0.2) is 16.7 Å². The van der Waals surface area contributed by atoms with E-state index in [1.807, 2.05) is 13.8 Å². The van der Waals surface area contributed by atoms with Gasteiger partial charge in [-0.2, -0.15) is 0 Å². The minimum atomic E-state index is -0.503. The Bertz CT molecular complexity index is 1430. The molecule has 0 bridgehead atoms. The maximum Gasteiger partial charge on any atom is 0.262 e. The first kappa shape index (κ1) is 23.6. The summed E-state index contributed by atoms with van der Waals surface area (Å²) in [6.45, 7) is 4.35. The normalized spacial score (nSPS) is 11.4. The van der Waals surface area contributed by atoms with E-state index in [-0.39, 0.29) is 28.5 Å². The molecule has 2 heterocycles. The lowest BCUT2D eigenvalue weighted by atomic mass is 10.2. The molecule has 1 amide bonds. The highest BCUT2D eigenvalue weighted by atomic mass is 32.2. The molecule has 0 radical (unpaired) electrons. The molecule has 9 nitrogen and oxygen atoms in total. The van der Waals surface area contributed by atoms with Gasteiger partial charge < -0.3 is 14.8 Å². The molecule has 0 spiro atoms. The summed E-state index contributed by atoms with van der Waals surface area (Å²) in [7, 11) is 3.05. The van der Waals surface area contributed by atoms with Crippen LogP contribution in [0.3, 0.4) is 0 Å². The first-order valence-corrected chi connectivity index (χ1v) is 11.5.